The fourth-order valence-electron chi connectivity index (χ4n) is 4.53. The Kier molecular flexibility index (Phi) is 7.57. The van der Waals surface area contributed by atoms with Crippen LogP contribution in [0.5, 0.6) is 5.75 Å². The zero-order valence-corrected chi connectivity index (χ0v) is 19.8. The van der Waals surface area contributed by atoms with Crippen molar-refractivity contribution in [2.75, 3.05) is 40.9 Å². The van der Waals surface area contributed by atoms with Crippen LogP contribution in [0.15, 0.2) is 42.5 Å². The molecule has 0 bridgehead atoms. The Balaban J connectivity index is 1.74. The van der Waals surface area contributed by atoms with Crippen molar-refractivity contribution in [2.24, 2.45) is 5.41 Å². The van der Waals surface area contributed by atoms with Gasteiger partial charge in [-0.05, 0) is 61.7 Å². The fourth-order valence-corrected chi connectivity index (χ4v) is 4.53. The Morgan fingerprint density at radius 1 is 1.22 bits per heavy atom. The summed E-state index contributed by atoms with van der Waals surface area (Å²) in [5.41, 5.74) is 1.69. The molecule has 5 nitrogen and oxygen atoms in total. The molecule has 0 spiro atoms. The largest absolute Gasteiger partial charge is 0.496 e. The van der Waals surface area contributed by atoms with E-state index in [-0.39, 0.29) is 17.1 Å². The van der Waals surface area contributed by atoms with Gasteiger partial charge in [0.05, 0.1) is 7.11 Å². The summed E-state index contributed by atoms with van der Waals surface area (Å²) in [6, 6.07) is 12.3. The molecule has 0 saturated carbocycles. The lowest BCUT2D eigenvalue weighted by molar-refractivity contribution is -0.141. The lowest BCUT2D eigenvalue weighted by Gasteiger charge is -2.32. The van der Waals surface area contributed by atoms with E-state index in [0.717, 1.165) is 24.1 Å². The minimum absolute atomic E-state index is 0.0371. The maximum atomic E-state index is 13.8. The number of carbonyl (C=O) groups excluding carboxylic acids is 1. The lowest BCUT2D eigenvalue weighted by atomic mass is 9.88. The predicted molar refractivity (Wildman–Crippen MR) is 125 cm³/mol. The van der Waals surface area contributed by atoms with E-state index in [1.54, 1.807) is 13.2 Å². The first kappa shape index (κ1) is 24.2. The van der Waals surface area contributed by atoms with Gasteiger partial charge in [-0.15, -0.1) is 0 Å². The van der Waals surface area contributed by atoms with Gasteiger partial charge in [-0.2, -0.15) is 0 Å². The molecule has 32 heavy (non-hydrogen) atoms. The number of ether oxygens (including phenoxy) is 2. The summed E-state index contributed by atoms with van der Waals surface area (Å²) >= 11 is 0. The summed E-state index contributed by atoms with van der Waals surface area (Å²) in [5.74, 6) is 0.268. The van der Waals surface area contributed by atoms with Crippen molar-refractivity contribution in [3.63, 3.8) is 0 Å². The number of amides is 1. The van der Waals surface area contributed by atoms with Crippen LogP contribution in [0, 0.1) is 11.2 Å². The van der Waals surface area contributed by atoms with Crippen molar-refractivity contribution in [2.45, 2.75) is 38.7 Å². The second-order valence-corrected chi connectivity index (χ2v) is 9.75. The molecule has 1 atom stereocenters. The van der Waals surface area contributed by atoms with Gasteiger partial charge in [-0.1, -0.05) is 38.1 Å². The van der Waals surface area contributed by atoms with Crippen molar-refractivity contribution in [1.29, 1.82) is 0 Å². The van der Waals surface area contributed by atoms with Crippen LogP contribution in [0.4, 0.5) is 4.39 Å². The van der Waals surface area contributed by atoms with Crippen molar-refractivity contribution in [3.8, 4) is 16.9 Å². The van der Waals surface area contributed by atoms with E-state index in [4.69, 9.17) is 9.47 Å². The zero-order chi connectivity index (χ0) is 23.4. The van der Waals surface area contributed by atoms with Crippen LogP contribution < -0.4 is 10.1 Å². The van der Waals surface area contributed by atoms with Crippen LogP contribution in [0.25, 0.3) is 11.1 Å². The van der Waals surface area contributed by atoms with Crippen molar-refractivity contribution < 1.29 is 18.7 Å². The molecule has 2 aromatic carbocycles. The van der Waals surface area contributed by atoms with Crippen LogP contribution in [0.3, 0.4) is 0 Å². The Morgan fingerprint density at radius 2 is 1.94 bits per heavy atom. The van der Waals surface area contributed by atoms with Crippen molar-refractivity contribution in [1.82, 2.24) is 10.2 Å². The highest BCUT2D eigenvalue weighted by Crippen LogP contribution is 2.33. The first-order valence-corrected chi connectivity index (χ1v) is 11.1. The van der Waals surface area contributed by atoms with E-state index in [1.807, 2.05) is 38.4 Å². The molecular formula is C26H35FN2O3. The minimum atomic E-state index is -0.841. The van der Waals surface area contributed by atoms with Gasteiger partial charge in [0.15, 0.2) is 5.60 Å². The Labute approximate surface area is 190 Å². The molecule has 1 heterocycles. The quantitative estimate of drug-likeness (QED) is 0.629. The molecule has 1 amide bonds. The molecule has 0 aromatic heterocycles. The Hall–Kier alpha value is -2.44. The summed E-state index contributed by atoms with van der Waals surface area (Å²) < 4.78 is 25.2. The van der Waals surface area contributed by atoms with Gasteiger partial charge in [0.2, 0.25) is 0 Å². The number of methoxy groups -OCH3 is 1. The summed E-state index contributed by atoms with van der Waals surface area (Å²) in [7, 11) is 5.65. The van der Waals surface area contributed by atoms with Gasteiger partial charge in [0.1, 0.15) is 11.6 Å². The molecule has 1 saturated heterocycles. The summed E-state index contributed by atoms with van der Waals surface area (Å²) in [6.07, 6.45) is 2.08. The third-order valence-corrected chi connectivity index (χ3v) is 5.91. The van der Waals surface area contributed by atoms with Gasteiger partial charge in [-0.25, -0.2) is 4.39 Å². The van der Waals surface area contributed by atoms with E-state index in [0.29, 0.717) is 37.3 Å². The first-order chi connectivity index (χ1) is 15.1. The number of hydrogen-bond donors (Lipinski definition) is 1. The minimum Gasteiger partial charge on any atom is -0.496 e. The monoisotopic (exact) mass is 442 g/mol. The van der Waals surface area contributed by atoms with Gasteiger partial charge >= 0.3 is 0 Å². The normalized spacial score (nSPS) is 18.7. The van der Waals surface area contributed by atoms with Crippen LogP contribution in [0.1, 0.15) is 32.3 Å². The molecule has 0 aliphatic carbocycles. The number of halogens is 1. The molecule has 6 heteroatoms. The number of rotatable bonds is 9. The Morgan fingerprint density at radius 3 is 2.53 bits per heavy atom. The van der Waals surface area contributed by atoms with E-state index >= 15 is 0 Å². The molecule has 1 aliphatic rings. The van der Waals surface area contributed by atoms with E-state index in [1.165, 1.54) is 12.1 Å². The summed E-state index contributed by atoms with van der Waals surface area (Å²) in [6.45, 7) is 6.36. The molecule has 1 unspecified atom stereocenters. The summed E-state index contributed by atoms with van der Waals surface area (Å²) in [4.78, 5) is 15.3. The number of nitrogens with zero attached hydrogens (tertiary/aromatic N) is 1. The number of hydrogen-bond acceptors (Lipinski definition) is 4. The highest BCUT2D eigenvalue weighted by molar-refractivity contribution is 5.86. The molecule has 0 radical (unpaired) electrons. The third kappa shape index (κ3) is 5.87. The third-order valence-electron chi connectivity index (χ3n) is 5.91. The van der Waals surface area contributed by atoms with Gasteiger partial charge in [0.25, 0.3) is 5.91 Å². The zero-order valence-electron chi connectivity index (χ0n) is 19.8. The van der Waals surface area contributed by atoms with E-state index < -0.39 is 5.60 Å². The second-order valence-electron chi connectivity index (χ2n) is 9.75. The average molecular weight is 443 g/mol. The maximum absolute atomic E-state index is 13.8. The van der Waals surface area contributed by atoms with Crippen LogP contribution in [0.2, 0.25) is 0 Å². The first-order valence-electron chi connectivity index (χ1n) is 11.1. The standard InChI is InChI=1S/C26H35FN2O3/c1-25(2,18-29(3)4)17-28-24(30)26(13-6-14-32-26)16-19-7-9-20(10-8-19)22-15-21(27)11-12-23(22)31-5/h7-12,15H,6,13-14,16-18H2,1-5H3,(H,28,30). The second kappa shape index (κ2) is 10.0. The topological polar surface area (TPSA) is 50.8 Å². The Bertz CT molecular complexity index is 919. The van der Waals surface area contributed by atoms with Gasteiger partial charge < -0.3 is 19.7 Å². The van der Waals surface area contributed by atoms with Gasteiger partial charge in [0, 0.05) is 31.7 Å². The van der Waals surface area contributed by atoms with Crippen LogP contribution in [-0.4, -0.2) is 57.3 Å². The molecule has 3 rings (SSSR count). The maximum Gasteiger partial charge on any atom is 0.252 e. The van der Waals surface area contributed by atoms with E-state index in [2.05, 4.69) is 24.1 Å². The van der Waals surface area contributed by atoms with Crippen LogP contribution >= 0.6 is 0 Å². The molecule has 2 aromatic rings. The van der Waals surface area contributed by atoms with E-state index in [9.17, 15) is 9.18 Å². The molecule has 1 N–H and O–H groups in total. The number of benzene rings is 2. The molecule has 1 aliphatic heterocycles. The predicted octanol–water partition coefficient (Wildman–Crippen LogP) is 4.30. The number of nitrogens with one attached hydrogen (secondary N) is 1. The number of carbonyl (C=O) groups is 1. The highest BCUT2D eigenvalue weighted by Gasteiger charge is 2.43. The highest BCUT2D eigenvalue weighted by atomic mass is 19.1. The SMILES string of the molecule is COc1ccc(F)cc1-c1ccc(CC2(C(=O)NCC(C)(C)CN(C)C)CCCO2)cc1. The molecule has 1 fully saturated rings. The lowest BCUT2D eigenvalue weighted by Crippen LogP contribution is -2.51. The molecular weight excluding hydrogens is 407 g/mol. The van der Waals surface area contributed by atoms with Gasteiger partial charge in [-0.3, -0.25) is 4.79 Å². The average Bonchev–Trinajstić information content (AvgIpc) is 3.21. The summed E-state index contributed by atoms with van der Waals surface area (Å²) in [5, 5.41) is 3.14. The van der Waals surface area contributed by atoms with Crippen molar-refractivity contribution in [3.05, 3.63) is 53.8 Å². The van der Waals surface area contributed by atoms with Crippen LogP contribution in [-0.2, 0) is 16.0 Å². The smallest absolute Gasteiger partial charge is 0.252 e. The molecule has 174 valence electrons. The van der Waals surface area contributed by atoms with Crippen molar-refractivity contribution >= 4 is 5.91 Å². The fraction of sp³-hybridized carbons (Fsp3) is 0.500.